The number of amides is 1. The molecule has 0 bridgehead atoms. The molecular weight excluding hydrogens is 698 g/mol. The number of carbonyl (C=O) groups excluding carboxylic acids is 1. The van der Waals surface area contributed by atoms with Gasteiger partial charge in [-0.2, -0.15) is 0 Å². The number of benzene rings is 2. The van der Waals surface area contributed by atoms with E-state index in [4.69, 9.17) is 18.9 Å². The van der Waals surface area contributed by atoms with Gasteiger partial charge in [0.15, 0.2) is 0 Å². The summed E-state index contributed by atoms with van der Waals surface area (Å²) in [6.07, 6.45) is -0.828. The number of nitrogens with zero attached hydrogens (tertiary/aromatic N) is 3. The molecule has 1 saturated carbocycles. The monoisotopic (exact) mass is 748 g/mol. The predicted octanol–water partition coefficient (Wildman–Crippen LogP) is 4.80. The van der Waals surface area contributed by atoms with Crippen LogP contribution in [0.5, 0.6) is 11.5 Å². The normalized spacial score (nSPS) is 17.3. The Morgan fingerprint density at radius 1 is 1.00 bits per heavy atom. The van der Waals surface area contributed by atoms with E-state index in [-0.39, 0.29) is 43.4 Å². The van der Waals surface area contributed by atoms with E-state index in [0.717, 1.165) is 28.4 Å². The number of halogens is 2. The molecule has 1 fully saturated rings. The highest BCUT2D eigenvalue weighted by Crippen LogP contribution is 2.38. The number of rotatable bonds is 20. The zero-order valence-electron chi connectivity index (χ0n) is 30.7. The Kier molecular flexibility index (Phi) is 14.2. The van der Waals surface area contributed by atoms with E-state index in [9.17, 15) is 27.1 Å². The smallest absolute Gasteiger partial charge is 0.251 e. The van der Waals surface area contributed by atoms with E-state index in [1.807, 2.05) is 36.2 Å². The Bertz CT molecular complexity index is 1730. The fraction of sp³-hybridized carbons (Fsp3) is 0.514. The first-order chi connectivity index (χ1) is 24.6. The summed E-state index contributed by atoms with van der Waals surface area (Å²) in [5.41, 5.74) is 0.985. The standard InChI is InChI=1S/C37H50F2N4O8S/c1-23(2)52(46,47)43(5)36-14-26(13-35(41-36)42(4)19-27-12-24(27)3)37(45)40-33(22-51-31-16-28(38)15-29(39)17-31)34(44)18-32(49-7)21-50-20-25-8-10-30(48-6)11-9-25/h8-11,13-17,23-24,27,32-34,44H,12,18-22H2,1-7H3,(H,40,45)/t24-,27+,32+,33-,34-/m0/s1. The minimum absolute atomic E-state index is 0.00451. The molecule has 1 heterocycles. The quantitative estimate of drug-likeness (QED) is 0.166. The topological polar surface area (TPSA) is 140 Å². The third kappa shape index (κ3) is 11.2. The number of nitrogens with one attached hydrogen (secondary N) is 1. The molecule has 0 radical (unpaired) electrons. The summed E-state index contributed by atoms with van der Waals surface area (Å²) in [6, 6.07) is 11.8. The summed E-state index contributed by atoms with van der Waals surface area (Å²) in [6.45, 7) is 5.93. The second-order valence-corrected chi connectivity index (χ2v) is 16.0. The van der Waals surface area contributed by atoms with Gasteiger partial charge in [-0.3, -0.25) is 9.10 Å². The van der Waals surface area contributed by atoms with Gasteiger partial charge in [-0.1, -0.05) is 19.1 Å². The third-order valence-corrected chi connectivity index (χ3v) is 11.3. The molecular formula is C37H50F2N4O8S. The van der Waals surface area contributed by atoms with Gasteiger partial charge in [0.2, 0.25) is 10.0 Å². The van der Waals surface area contributed by atoms with Crippen molar-refractivity contribution in [2.75, 3.05) is 57.3 Å². The average molecular weight is 749 g/mol. The summed E-state index contributed by atoms with van der Waals surface area (Å²) in [5, 5.41) is 13.5. The number of aromatic nitrogens is 1. The van der Waals surface area contributed by atoms with Crippen molar-refractivity contribution in [3.8, 4) is 11.5 Å². The number of anilines is 2. The molecule has 0 spiro atoms. The summed E-state index contributed by atoms with van der Waals surface area (Å²) in [4.78, 5) is 20.4. The lowest BCUT2D eigenvalue weighted by atomic mass is 10.0. The Morgan fingerprint density at radius 3 is 2.21 bits per heavy atom. The molecule has 1 amide bonds. The van der Waals surface area contributed by atoms with Gasteiger partial charge in [-0.15, -0.1) is 0 Å². The van der Waals surface area contributed by atoms with Gasteiger partial charge in [0.25, 0.3) is 5.91 Å². The Morgan fingerprint density at radius 2 is 1.63 bits per heavy atom. The number of pyridine rings is 1. The number of ether oxygens (including phenoxy) is 4. The molecule has 2 aromatic carbocycles. The van der Waals surface area contributed by atoms with Crippen molar-refractivity contribution in [1.29, 1.82) is 0 Å². The molecule has 1 aliphatic carbocycles. The van der Waals surface area contributed by atoms with E-state index < -0.39 is 51.1 Å². The molecule has 5 atom stereocenters. The molecule has 3 aromatic rings. The molecule has 12 nitrogen and oxygen atoms in total. The fourth-order valence-electron chi connectivity index (χ4n) is 5.53. The maximum absolute atomic E-state index is 14.0. The van der Waals surface area contributed by atoms with Crippen LogP contribution in [0.3, 0.4) is 0 Å². The second kappa shape index (κ2) is 18.1. The van der Waals surface area contributed by atoms with Crippen molar-refractivity contribution in [1.82, 2.24) is 10.3 Å². The number of hydrogen-bond donors (Lipinski definition) is 2. The SMILES string of the molecule is COc1ccc(COC[C@@H](C[C@H](O)[C@H](COc2cc(F)cc(F)c2)NC(=O)c2cc(N(C)C[C@H]3C[C@@H]3C)nc(N(C)S(=O)(=O)C(C)C)c2)OC)cc1. The van der Waals surface area contributed by atoms with Crippen LogP contribution >= 0.6 is 0 Å². The molecule has 0 unspecified atom stereocenters. The van der Waals surface area contributed by atoms with Crippen LogP contribution in [0.4, 0.5) is 20.4 Å². The largest absolute Gasteiger partial charge is 0.497 e. The first-order valence-corrected chi connectivity index (χ1v) is 18.6. The van der Waals surface area contributed by atoms with Crippen molar-refractivity contribution in [2.24, 2.45) is 11.8 Å². The molecule has 15 heteroatoms. The average Bonchev–Trinajstić information content (AvgIpc) is 3.81. The van der Waals surface area contributed by atoms with Crippen molar-refractivity contribution >= 4 is 27.6 Å². The Hall–Kier alpha value is -4.05. The van der Waals surface area contributed by atoms with Gasteiger partial charge < -0.3 is 34.3 Å². The Labute approximate surface area is 305 Å². The lowest BCUT2D eigenvalue weighted by Crippen LogP contribution is -2.48. The maximum atomic E-state index is 14.0. The number of methoxy groups -OCH3 is 2. The predicted molar refractivity (Wildman–Crippen MR) is 194 cm³/mol. The van der Waals surface area contributed by atoms with Gasteiger partial charge >= 0.3 is 0 Å². The van der Waals surface area contributed by atoms with Crippen molar-refractivity contribution in [2.45, 2.75) is 63.7 Å². The van der Waals surface area contributed by atoms with Crippen LogP contribution in [0.25, 0.3) is 0 Å². The summed E-state index contributed by atoms with van der Waals surface area (Å²) in [7, 11) is 2.46. The molecule has 4 rings (SSSR count). The van der Waals surface area contributed by atoms with Gasteiger partial charge in [0.05, 0.1) is 43.8 Å². The summed E-state index contributed by atoms with van der Waals surface area (Å²) < 4.78 is 77.5. The molecule has 286 valence electrons. The highest BCUT2D eigenvalue weighted by molar-refractivity contribution is 7.93. The van der Waals surface area contributed by atoms with Crippen LogP contribution in [0, 0.1) is 23.5 Å². The van der Waals surface area contributed by atoms with Gasteiger partial charge in [-0.05, 0) is 61.9 Å². The van der Waals surface area contributed by atoms with Crippen LogP contribution in [-0.4, -0.2) is 96.0 Å². The minimum atomic E-state index is -3.79. The van der Waals surface area contributed by atoms with Crippen LogP contribution < -0.4 is 24.0 Å². The maximum Gasteiger partial charge on any atom is 0.251 e. The number of aliphatic hydroxyl groups is 1. The molecule has 52 heavy (non-hydrogen) atoms. The van der Waals surface area contributed by atoms with Gasteiger partial charge in [0, 0.05) is 57.9 Å². The first kappa shape index (κ1) is 40.7. The van der Waals surface area contributed by atoms with E-state index in [2.05, 4.69) is 17.2 Å². The van der Waals surface area contributed by atoms with E-state index in [1.165, 1.54) is 20.2 Å². The molecule has 1 aromatic heterocycles. The highest BCUT2D eigenvalue weighted by Gasteiger charge is 2.34. The number of hydrogen-bond acceptors (Lipinski definition) is 10. The first-order valence-electron chi connectivity index (χ1n) is 17.1. The lowest BCUT2D eigenvalue weighted by molar-refractivity contribution is -0.0311. The van der Waals surface area contributed by atoms with Crippen molar-refractivity contribution in [3.63, 3.8) is 0 Å². The van der Waals surface area contributed by atoms with E-state index in [0.29, 0.717) is 36.0 Å². The van der Waals surface area contributed by atoms with Crippen molar-refractivity contribution < 1.29 is 46.0 Å². The van der Waals surface area contributed by atoms with Crippen LogP contribution in [0.15, 0.2) is 54.6 Å². The molecule has 2 N–H and O–H groups in total. The molecule has 0 saturated heterocycles. The van der Waals surface area contributed by atoms with E-state index >= 15 is 0 Å². The van der Waals surface area contributed by atoms with E-state index in [1.54, 1.807) is 27.0 Å². The fourth-order valence-corrected chi connectivity index (χ4v) is 6.52. The zero-order valence-corrected chi connectivity index (χ0v) is 31.5. The third-order valence-electron chi connectivity index (χ3n) is 9.15. The number of sulfonamides is 1. The molecule has 0 aliphatic heterocycles. The van der Waals surface area contributed by atoms with Crippen LogP contribution in [-0.2, 0) is 26.1 Å². The summed E-state index contributed by atoms with van der Waals surface area (Å²) in [5.74, 6) is -0.356. The second-order valence-electron chi connectivity index (χ2n) is 13.5. The zero-order chi connectivity index (χ0) is 38.2. The van der Waals surface area contributed by atoms with Crippen LogP contribution in [0.1, 0.15) is 49.5 Å². The summed E-state index contributed by atoms with van der Waals surface area (Å²) >= 11 is 0. The molecule has 1 aliphatic rings. The lowest BCUT2D eigenvalue weighted by Gasteiger charge is -2.28. The van der Waals surface area contributed by atoms with Gasteiger partial charge in [-0.25, -0.2) is 22.2 Å². The van der Waals surface area contributed by atoms with Crippen molar-refractivity contribution in [3.05, 3.63) is 77.4 Å². The number of carbonyl (C=O) groups is 1. The Balaban J connectivity index is 1.56. The van der Waals surface area contributed by atoms with Crippen LogP contribution in [0.2, 0.25) is 0 Å². The van der Waals surface area contributed by atoms with Gasteiger partial charge in [0.1, 0.15) is 41.4 Å². The number of aliphatic hydroxyl groups excluding tert-OH is 1. The minimum Gasteiger partial charge on any atom is -0.497 e. The highest BCUT2D eigenvalue weighted by atomic mass is 32.2.